The molecule has 0 aliphatic heterocycles. The molecule has 0 saturated carbocycles. The lowest BCUT2D eigenvalue weighted by Crippen LogP contribution is -2.20. The van der Waals surface area contributed by atoms with Crippen LogP contribution in [0.4, 0.5) is 0 Å². The maximum absolute atomic E-state index is 11.9. The van der Waals surface area contributed by atoms with E-state index in [0.29, 0.717) is 17.9 Å². The minimum absolute atomic E-state index is 0.211. The number of ether oxygens (including phenoxy) is 1. The molecule has 1 N–H and O–H groups in total. The van der Waals surface area contributed by atoms with E-state index >= 15 is 0 Å². The van der Waals surface area contributed by atoms with E-state index in [4.69, 9.17) is 4.74 Å². The Morgan fingerprint density at radius 2 is 1.83 bits per heavy atom. The van der Waals surface area contributed by atoms with Crippen molar-refractivity contribution < 1.29 is 13.2 Å². The zero-order chi connectivity index (χ0) is 13.3. The first kappa shape index (κ1) is 15.1. The molecule has 0 aliphatic rings. The van der Waals surface area contributed by atoms with Crippen LogP contribution < -0.4 is 5.32 Å². The fraction of sp³-hybridized carbons (Fsp3) is 0.538. The minimum Gasteiger partial charge on any atom is -0.383 e. The standard InChI is InChI=1S/C13H21NO3S/c1-17-11-10-14-9-5-6-12-18(15,16)13-7-3-2-4-8-13/h2-4,7-8,14H,5-6,9-12H2,1H3. The van der Waals surface area contributed by atoms with Gasteiger partial charge in [0.05, 0.1) is 17.3 Å². The van der Waals surface area contributed by atoms with Crippen LogP contribution in [0.5, 0.6) is 0 Å². The monoisotopic (exact) mass is 271 g/mol. The molecular weight excluding hydrogens is 250 g/mol. The molecule has 0 spiro atoms. The highest BCUT2D eigenvalue weighted by molar-refractivity contribution is 7.91. The summed E-state index contributed by atoms with van der Waals surface area (Å²) in [5.74, 6) is 0.211. The third-order valence-corrected chi connectivity index (χ3v) is 4.42. The van der Waals surface area contributed by atoms with Gasteiger partial charge in [0.2, 0.25) is 0 Å². The van der Waals surface area contributed by atoms with Gasteiger partial charge < -0.3 is 10.1 Å². The molecule has 0 radical (unpaired) electrons. The zero-order valence-electron chi connectivity index (χ0n) is 10.8. The summed E-state index contributed by atoms with van der Waals surface area (Å²) in [4.78, 5) is 0.414. The summed E-state index contributed by atoms with van der Waals surface area (Å²) in [5.41, 5.74) is 0. The van der Waals surface area contributed by atoms with E-state index in [-0.39, 0.29) is 5.75 Å². The number of unbranched alkanes of at least 4 members (excludes halogenated alkanes) is 1. The average Bonchev–Trinajstić information content (AvgIpc) is 2.39. The first-order valence-corrected chi connectivity index (χ1v) is 7.79. The Balaban J connectivity index is 2.23. The van der Waals surface area contributed by atoms with Crippen LogP contribution in [-0.2, 0) is 14.6 Å². The van der Waals surface area contributed by atoms with Crippen LogP contribution in [0.3, 0.4) is 0 Å². The first-order chi connectivity index (χ1) is 8.67. The van der Waals surface area contributed by atoms with Crippen LogP contribution >= 0.6 is 0 Å². The molecule has 0 aliphatic carbocycles. The summed E-state index contributed by atoms with van der Waals surface area (Å²) in [6.45, 7) is 2.32. The highest BCUT2D eigenvalue weighted by atomic mass is 32.2. The van der Waals surface area contributed by atoms with E-state index in [2.05, 4.69) is 5.32 Å². The van der Waals surface area contributed by atoms with E-state index in [1.54, 1.807) is 31.4 Å². The Kier molecular flexibility index (Phi) is 6.93. The van der Waals surface area contributed by atoms with Crippen molar-refractivity contribution in [1.29, 1.82) is 0 Å². The Labute approximate surface area is 109 Å². The second-order valence-electron chi connectivity index (χ2n) is 4.08. The number of rotatable bonds is 9. The molecule has 0 aromatic heterocycles. The van der Waals surface area contributed by atoms with Gasteiger partial charge >= 0.3 is 0 Å². The van der Waals surface area contributed by atoms with Crippen molar-refractivity contribution in [2.75, 3.05) is 32.6 Å². The second-order valence-corrected chi connectivity index (χ2v) is 6.19. The Hall–Kier alpha value is -0.910. The molecule has 0 saturated heterocycles. The quantitative estimate of drug-likeness (QED) is 0.691. The molecule has 0 bridgehead atoms. The van der Waals surface area contributed by atoms with Gasteiger partial charge in [-0.2, -0.15) is 0 Å². The van der Waals surface area contributed by atoms with Crippen LogP contribution in [0.1, 0.15) is 12.8 Å². The van der Waals surface area contributed by atoms with Crippen molar-refractivity contribution in [3.63, 3.8) is 0 Å². The summed E-state index contributed by atoms with van der Waals surface area (Å²) in [7, 11) is -1.45. The molecule has 0 heterocycles. The van der Waals surface area contributed by atoms with Gasteiger partial charge in [-0.25, -0.2) is 8.42 Å². The molecule has 18 heavy (non-hydrogen) atoms. The van der Waals surface area contributed by atoms with Gasteiger partial charge in [-0.05, 0) is 31.5 Å². The number of sulfone groups is 1. The summed E-state index contributed by atoms with van der Waals surface area (Å²) < 4.78 is 28.8. The number of methoxy groups -OCH3 is 1. The minimum atomic E-state index is -3.11. The van der Waals surface area contributed by atoms with Gasteiger partial charge in [0.1, 0.15) is 0 Å². The van der Waals surface area contributed by atoms with Crippen LogP contribution in [-0.4, -0.2) is 41.0 Å². The van der Waals surface area contributed by atoms with Crippen LogP contribution in [0.25, 0.3) is 0 Å². The van der Waals surface area contributed by atoms with Crippen molar-refractivity contribution in [3.05, 3.63) is 30.3 Å². The summed E-state index contributed by atoms with van der Waals surface area (Å²) in [6, 6.07) is 8.61. The SMILES string of the molecule is COCCNCCCCS(=O)(=O)c1ccccc1. The molecule has 102 valence electrons. The van der Waals surface area contributed by atoms with E-state index in [1.807, 2.05) is 6.07 Å². The Bertz CT molecular complexity index is 417. The molecule has 0 atom stereocenters. The largest absolute Gasteiger partial charge is 0.383 e. The lowest BCUT2D eigenvalue weighted by molar-refractivity contribution is 0.199. The van der Waals surface area contributed by atoms with Gasteiger partial charge in [-0.1, -0.05) is 18.2 Å². The van der Waals surface area contributed by atoms with E-state index in [9.17, 15) is 8.42 Å². The average molecular weight is 271 g/mol. The number of hydrogen-bond acceptors (Lipinski definition) is 4. The molecule has 1 aromatic carbocycles. The predicted molar refractivity (Wildman–Crippen MR) is 72.5 cm³/mol. The van der Waals surface area contributed by atoms with Crippen LogP contribution in [0.2, 0.25) is 0 Å². The van der Waals surface area contributed by atoms with Gasteiger partial charge in [-0.15, -0.1) is 0 Å². The van der Waals surface area contributed by atoms with E-state index in [0.717, 1.165) is 19.5 Å². The number of nitrogens with one attached hydrogen (secondary N) is 1. The lowest BCUT2D eigenvalue weighted by atomic mass is 10.3. The molecule has 5 heteroatoms. The fourth-order valence-corrected chi connectivity index (χ4v) is 2.98. The van der Waals surface area contributed by atoms with Crippen molar-refractivity contribution in [2.24, 2.45) is 0 Å². The van der Waals surface area contributed by atoms with Crippen LogP contribution in [0.15, 0.2) is 35.2 Å². The summed E-state index contributed by atoms with van der Waals surface area (Å²) in [6.07, 6.45) is 1.53. The number of hydrogen-bond donors (Lipinski definition) is 1. The third kappa shape index (κ3) is 5.62. The molecule has 0 fully saturated rings. The van der Waals surface area contributed by atoms with E-state index < -0.39 is 9.84 Å². The molecule has 0 amide bonds. The predicted octanol–water partition coefficient (Wildman–Crippen LogP) is 1.48. The van der Waals surface area contributed by atoms with Gasteiger partial charge in [0.15, 0.2) is 9.84 Å². The molecular formula is C13H21NO3S. The second kappa shape index (κ2) is 8.24. The zero-order valence-corrected chi connectivity index (χ0v) is 11.6. The van der Waals surface area contributed by atoms with Crippen molar-refractivity contribution >= 4 is 9.84 Å². The van der Waals surface area contributed by atoms with Gasteiger partial charge in [-0.3, -0.25) is 0 Å². The summed E-state index contributed by atoms with van der Waals surface area (Å²) in [5, 5.41) is 3.19. The van der Waals surface area contributed by atoms with Gasteiger partial charge in [0.25, 0.3) is 0 Å². The van der Waals surface area contributed by atoms with Crippen molar-refractivity contribution in [2.45, 2.75) is 17.7 Å². The molecule has 4 nitrogen and oxygen atoms in total. The number of benzene rings is 1. The Morgan fingerprint density at radius 1 is 1.11 bits per heavy atom. The fourth-order valence-electron chi connectivity index (χ4n) is 1.59. The third-order valence-electron chi connectivity index (χ3n) is 2.60. The molecule has 1 aromatic rings. The van der Waals surface area contributed by atoms with Gasteiger partial charge in [0, 0.05) is 13.7 Å². The highest BCUT2D eigenvalue weighted by Crippen LogP contribution is 2.11. The molecule has 1 rings (SSSR count). The lowest BCUT2D eigenvalue weighted by Gasteiger charge is -2.05. The maximum Gasteiger partial charge on any atom is 0.178 e. The first-order valence-electron chi connectivity index (χ1n) is 6.14. The normalized spacial score (nSPS) is 11.6. The van der Waals surface area contributed by atoms with Crippen LogP contribution in [0, 0.1) is 0 Å². The Morgan fingerprint density at radius 3 is 2.50 bits per heavy atom. The van der Waals surface area contributed by atoms with Crippen molar-refractivity contribution in [1.82, 2.24) is 5.32 Å². The highest BCUT2D eigenvalue weighted by Gasteiger charge is 2.12. The topological polar surface area (TPSA) is 55.4 Å². The smallest absolute Gasteiger partial charge is 0.178 e. The molecule has 0 unspecified atom stereocenters. The van der Waals surface area contributed by atoms with Crippen molar-refractivity contribution in [3.8, 4) is 0 Å². The van der Waals surface area contributed by atoms with E-state index in [1.165, 1.54) is 0 Å². The maximum atomic E-state index is 11.9. The summed E-state index contributed by atoms with van der Waals surface area (Å²) >= 11 is 0.